The summed E-state index contributed by atoms with van der Waals surface area (Å²) < 4.78 is 0. The van der Waals surface area contributed by atoms with E-state index in [1.54, 1.807) is 0 Å². The minimum atomic E-state index is 0.592. The molecule has 1 rings (SSSR count). The summed E-state index contributed by atoms with van der Waals surface area (Å²) in [6.07, 6.45) is 3.86. The van der Waals surface area contributed by atoms with Crippen LogP contribution in [0.3, 0.4) is 0 Å². The zero-order valence-corrected chi connectivity index (χ0v) is 9.99. The normalized spacial score (nSPS) is 21.9. The lowest BCUT2D eigenvalue weighted by atomic mass is 10.0. The van der Waals surface area contributed by atoms with E-state index in [2.05, 4.69) is 23.7 Å². The Hall–Kier alpha value is -0.570. The van der Waals surface area contributed by atoms with Crippen molar-refractivity contribution in [3.63, 3.8) is 0 Å². The van der Waals surface area contributed by atoms with Gasteiger partial charge in [0.25, 0.3) is 0 Å². The number of hydrogen-bond donors (Lipinski definition) is 1. The molecule has 0 unspecified atom stereocenters. The van der Waals surface area contributed by atoms with Crippen LogP contribution < -0.4 is 5.32 Å². The van der Waals surface area contributed by atoms with Crippen molar-refractivity contribution >= 4 is 17.3 Å². The maximum atomic E-state index is 5.34. The first-order valence-electron chi connectivity index (χ1n) is 5.30. The molecule has 0 aromatic heterocycles. The van der Waals surface area contributed by atoms with Crippen molar-refractivity contribution in [2.45, 2.75) is 39.2 Å². The van der Waals surface area contributed by atoms with Crippen molar-refractivity contribution in [3.8, 4) is 0 Å². The summed E-state index contributed by atoms with van der Waals surface area (Å²) in [5, 5.41) is 4.13. The molecule has 1 N–H and O–H groups in total. The lowest BCUT2D eigenvalue weighted by molar-refractivity contribution is 0.256. The summed E-state index contributed by atoms with van der Waals surface area (Å²) in [5.41, 5.74) is 1.12. The zero-order valence-electron chi connectivity index (χ0n) is 9.18. The fourth-order valence-electron chi connectivity index (χ4n) is 1.73. The molecule has 0 aliphatic carbocycles. The van der Waals surface area contributed by atoms with Gasteiger partial charge in [0.2, 0.25) is 0 Å². The molecule has 0 amide bonds. The van der Waals surface area contributed by atoms with Gasteiger partial charge in [-0.3, -0.25) is 0 Å². The van der Waals surface area contributed by atoms with Crippen LogP contribution in [0.15, 0.2) is 12.2 Å². The van der Waals surface area contributed by atoms with Gasteiger partial charge < -0.3 is 10.2 Å². The minimum absolute atomic E-state index is 0.592. The Bertz CT molecular complexity index is 225. The number of likely N-dealkylation sites (tertiary alicyclic amines) is 1. The molecule has 3 heteroatoms. The Morgan fingerprint density at radius 2 is 2.29 bits per heavy atom. The highest BCUT2D eigenvalue weighted by atomic mass is 32.1. The third-order valence-corrected chi connectivity index (χ3v) is 2.98. The molecule has 0 spiro atoms. The summed E-state index contributed by atoms with van der Waals surface area (Å²) in [5.74, 6) is 0. The number of nitrogens with one attached hydrogen (secondary N) is 1. The van der Waals surface area contributed by atoms with E-state index in [1.165, 1.54) is 19.3 Å². The molecule has 0 bridgehead atoms. The lowest BCUT2D eigenvalue weighted by Gasteiger charge is -2.35. The van der Waals surface area contributed by atoms with Crippen LogP contribution in [0.4, 0.5) is 0 Å². The van der Waals surface area contributed by atoms with E-state index < -0.39 is 0 Å². The zero-order chi connectivity index (χ0) is 10.6. The molecular weight excluding hydrogens is 192 g/mol. The van der Waals surface area contributed by atoms with E-state index in [9.17, 15) is 0 Å². The number of thiocarbonyl (C=S) groups is 1. The van der Waals surface area contributed by atoms with Crippen LogP contribution in [-0.4, -0.2) is 29.1 Å². The first-order chi connectivity index (χ1) is 6.61. The highest BCUT2D eigenvalue weighted by molar-refractivity contribution is 7.80. The summed E-state index contributed by atoms with van der Waals surface area (Å²) in [7, 11) is 0. The molecule has 1 atom stereocenters. The highest BCUT2D eigenvalue weighted by Crippen LogP contribution is 2.16. The average Bonchev–Trinajstić information content (AvgIpc) is 2.15. The number of nitrogens with zero attached hydrogens (tertiary/aromatic N) is 1. The lowest BCUT2D eigenvalue weighted by Crippen LogP contribution is -2.47. The van der Waals surface area contributed by atoms with Crippen molar-refractivity contribution in [3.05, 3.63) is 12.2 Å². The second-order valence-electron chi connectivity index (χ2n) is 4.15. The predicted molar refractivity (Wildman–Crippen MR) is 65.4 cm³/mol. The molecular formula is C11H20N2S. The highest BCUT2D eigenvalue weighted by Gasteiger charge is 2.19. The SMILES string of the molecule is C=C(C)CNC(=S)N1CCCC[C@@H]1C. The van der Waals surface area contributed by atoms with Crippen LogP contribution in [0, 0.1) is 0 Å². The minimum Gasteiger partial charge on any atom is -0.359 e. The van der Waals surface area contributed by atoms with E-state index in [0.29, 0.717) is 6.04 Å². The van der Waals surface area contributed by atoms with E-state index in [-0.39, 0.29) is 0 Å². The maximum Gasteiger partial charge on any atom is 0.169 e. The van der Waals surface area contributed by atoms with Gasteiger partial charge in [0, 0.05) is 19.1 Å². The van der Waals surface area contributed by atoms with E-state index in [4.69, 9.17) is 12.2 Å². The van der Waals surface area contributed by atoms with Crippen molar-refractivity contribution in [1.29, 1.82) is 0 Å². The van der Waals surface area contributed by atoms with Crippen molar-refractivity contribution in [2.75, 3.05) is 13.1 Å². The summed E-state index contributed by atoms with van der Waals surface area (Å²) in [6, 6.07) is 0.592. The standard InChI is InChI=1S/C11H20N2S/c1-9(2)8-12-11(14)13-7-5-4-6-10(13)3/h10H,1,4-8H2,2-3H3,(H,12,14)/t10-/m0/s1. The van der Waals surface area contributed by atoms with Crippen molar-refractivity contribution in [1.82, 2.24) is 10.2 Å². The van der Waals surface area contributed by atoms with Gasteiger partial charge in [-0.15, -0.1) is 0 Å². The van der Waals surface area contributed by atoms with E-state index in [0.717, 1.165) is 23.8 Å². The molecule has 14 heavy (non-hydrogen) atoms. The first kappa shape index (κ1) is 11.5. The molecule has 80 valence electrons. The van der Waals surface area contributed by atoms with Crippen LogP contribution in [0.5, 0.6) is 0 Å². The van der Waals surface area contributed by atoms with Crippen LogP contribution in [0.2, 0.25) is 0 Å². The molecule has 1 aliphatic heterocycles. The second-order valence-corrected chi connectivity index (χ2v) is 4.54. The topological polar surface area (TPSA) is 15.3 Å². The van der Waals surface area contributed by atoms with Gasteiger partial charge in [-0.05, 0) is 45.3 Å². The number of piperidine rings is 1. The van der Waals surface area contributed by atoms with Gasteiger partial charge in [0.15, 0.2) is 5.11 Å². The Morgan fingerprint density at radius 3 is 2.86 bits per heavy atom. The van der Waals surface area contributed by atoms with Crippen LogP contribution in [-0.2, 0) is 0 Å². The van der Waals surface area contributed by atoms with E-state index >= 15 is 0 Å². The molecule has 0 aromatic carbocycles. The second kappa shape index (κ2) is 5.35. The van der Waals surface area contributed by atoms with Gasteiger partial charge in [-0.2, -0.15) is 0 Å². The first-order valence-corrected chi connectivity index (χ1v) is 5.71. The quantitative estimate of drug-likeness (QED) is 0.558. The maximum absolute atomic E-state index is 5.34. The summed E-state index contributed by atoms with van der Waals surface area (Å²) >= 11 is 5.34. The smallest absolute Gasteiger partial charge is 0.169 e. The van der Waals surface area contributed by atoms with Crippen molar-refractivity contribution < 1.29 is 0 Å². The largest absolute Gasteiger partial charge is 0.359 e. The Kier molecular flexibility index (Phi) is 4.39. The molecule has 0 aromatic rings. The third kappa shape index (κ3) is 3.29. The Morgan fingerprint density at radius 1 is 1.57 bits per heavy atom. The van der Waals surface area contributed by atoms with Gasteiger partial charge >= 0.3 is 0 Å². The molecule has 2 nitrogen and oxygen atoms in total. The number of hydrogen-bond acceptors (Lipinski definition) is 1. The molecule has 1 aliphatic rings. The summed E-state index contributed by atoms with van der Waals surface area (Å²) in [6.45, 7) is 10.00. The van der Waals surface area contributed by atoms with Gasteiger partial charge in [0.1, 0.15) is 0 Å². The molecule has 1 heterocycles. The fraction of sp³-hybridized carbons (Fsp3) is 0.727. The van der Waals surface area contributed by atoms with Crippen LogP contribution in [0.1, 0.15) is 33.1 Å². The number of rotatable bonds is 2. The fourth-order valence-corrected chi connectivity index (χ4v) is 2.07. The molecule has 0 radical (unpaired) electrons. The van der Waals surface area contributed by atoms with Crippen LogP contribution >= 0.6 is 12.2 Å². The average molecular weight is 212 g/mol. The monoisotopic (exact) mass is 212 g/mol. The summed E-state index contributed by atoms with van der Waals surface area (Å²) in [4.78, 5) is 2.29. The molecule has 1 saturated heterocycles. The van der Waals surface area contributed by atoms with Gasteiger partial charge in [-0.25, -0.2) is 0 Å². The molecule has 1 fully saturated rings. The van der Waals surface area contributed by atoms with Gasteiger partial charge in [-0.1, -0.05) is 12.2 Å². The van der Waals surface area contributed by atoms with Gasteiger partial charge in [0.05, 0.1) is 0 Å². The van der Waals surface area contributed by atoms with E-state index in [1.807, 2.05) is 6.92 Å². The van der Waals surface area contributed by atoms with Crippen molar-refractivity contribution in [2.24, 2.45) is 0 Å². The van der Waals surface area contributed by atoms with Crippen LogP contribution in [0.25, 0.3) is 0 Å². The molecule has 0 saturated carbocycles. The third-order valence-electron chi connectivity index (χ3n) is 2.61. The Labute approximate surface area is 92.4 Å². The predicted octanol–water partition coefficient (Wildman–Crippen LogP) is 2.31. The Balaban J connectivity index is 2.38.